The number of aromatic nitrogens is 4. The van der Waals surface area contributed by atoms with E-state index in [1.807, 2.05) is 32.9 Å². The van der Waals surface area contributed by atoms with E-state index in [0.717, 1.165) is 48.2 Å². The molecule has 1 spiro atoms. The third kappa shape index (κ3) is 4.55. The first-order valence-electron chi connectivity index (χ1n) is 11.4. The Morgan fingerprint density at radius 3 is 2.42 bits per heavy atom. The zero-order valence-corrected chi connectivity index (χ0v) is 19.3. The van der Waals surface area contributed by atoms with Crippen LogP contribution in [0.15, 0.2) is 48.8 Å². The minimum absolute atomic E-state index is 0.194. The molecule has 0 radical (unpaired) electrons. The fourth-order valence-corrected chi connectivity index (χ4v) is 4.56. The molecule has 8 heteroatoms. The fourth-order valence-electron chi connectivity index (χ4n) is 4.56. The van der Waals surface area contributed by atoms with Gasteiger partial charge in [0.15, 0.2) is 0 Å². The minimum atomic E-state index is -0.474. The van der Waals surface area contributed by atoms with Crippen molar-refractivity contribution >= 4 is 6.09 Å². The van der Waals surface area contributed by atoms with E-state index in [9.17, 15) is 4.79 Å². The normalized spacial score (nSPS) is 17.4. The molecule has 1 saturated heterocycles. The van der Waals surface area contributed by atoms with Gasteiger partial charge in [-0.15, -0.1) is 5.10 Å². The van der Waals surface area contributed by atoms with Crippen molar-refractivity contribution in [3.63, 3.8) is 0 Å². The summed E-state index contributed by atoms with van der Waals surface area (Å²) in [5.41, 5.74) is 3.79. The first-order chi connectivity index (χ1) is 15.8. The van der Waals surface area contributed by atoms with Crippen LogP contribution in [0.5, 0.6) is 5.75 Å². The Balaban J connectivity index is 1.25. The molecule has 0 aliphatic carbocycles. The van der Waals surface area contributed by atoms with Crippen molar-refractivity contribution in [2.45, 2.75) is 57.7 Å². The molecule has 1 fully saturated rings. The maximum Gasteiger partial charge on any atom is 0.410 e. The average Bonchev–Trinajstić information content (AvgIpc) is 3.33. The first kappa shape index (κ1) is 21.4. The summed E-state index contributed by atoms with van der Waals surface area (Å²) in [6.45, 7) is 7.02. The second kappa shape index (κ2) is 8.17. The topological polar surface area (TPSA) is 82.4 Å². The van der Waals surface area contributed by atoms with Gasteiger partial charge in [0.1, 0.15) is 23.3 Å². The number of likely N-dealkylation sites (tertiary alicyclic amines) is 1. The lowest BCUT2D eigenvalue weighted by Gasteiger charge is -2.44. The third-order valence-electron chi connectivity index (χ3n) is 6.38. The molecule has 2 aliphatic rings. The van der Waals surface area contributed by atoms with Gasteiger partial charge in [-0.1, -0.05) is 18.2 Å². The highest BCUT2D eigenvalue weighted by Crippen LogP contribution is 2.41. The Labute approximate surface area is 193 Å². The second-order valence-corrected chi connectivity index (χ2v) is 9.88. The van der Waals surface area contributed by atoms with Crippen LogP contribution in [-0.2, 0) is 11.2 Å². The third-order valence-corrected chi connectivity index (χ3v) is 6.38. The lowest BCUT2D eigenvalue weighted by atomic mass is 9.82. The average molecular weight is 448 g/mol. The zero-order chi connectivity index (χ0) is 23.1. The Bertz CT molecular complexity index is 1130. The van der Waals surface area contributed by atoms with Crippen LogP contribution < -0.4 is 4.74 Å². The van der Waals surface area contributed by atoms with Crippen LogP contribution in [0.4, 0.5) is 4.79 Å². The summed E-state index contributed by atoms with van der Waals surface area (Å²) in [5, 5.41) is 11.3. The standard InChI is InChI=1S/C25H29N5O3/c1-24(2,3)33-23(31)29-14-12-25(13-15-29)11-10-20-16-19(6-9-22(20)32-25)18-4-7-21(8-5-18)30-17-26-27-28-30/h4-9,16-17H,10-15H2,1-3H3. The number of nitrogens with zero attached hydrogens (tertiary/aromatic N) is 5. The molecule has 2 aromatic carbocycles. The van der Waals surface area contributed by atoms with Crippen molar-refractivity contribution < 1.29 is 14.3 Å². The molecule has 0 bridgehead atoms. The molecule has 5 rings (SSSR count). The van der Waals surface area contributed by atoms with Gasteiger partial charge in [0.05, 0.1) is 5.69 Å². The number of tetrazole rings is 1. The van der Waals surface area contributed by atoms with E-state index >= 15 is 0 Å². The number of carbonyl (C=O) groups is 1. The molecule has 172 valence electrons. The highest BCUT2D eigenvalue weighted by atomic mass is 16.6. The molecule has 3 heterocycles. The lowest BCUT2D eigenvalue weighted by Crippen LogP contribution is -2.52. The predicted molar refractivity (Wildman–Crippen MR) is 123 cm³/mol. The molecule has 33 heavy (non-hydrogen) atoms. The molecule has 0 saturated carbocycles. The smallest absolute Gasteiger partial charge is 0.410 e. The van der Waals surface area contributed by atoms with Crippen molar-refractivity contribution in [3.05, 3.63) is 54.4 Å². The zero-order valence-electron chi connectivity index (χ0n) is 19.3. The summed E-state index contributed by atoms with van der Waals surface area (Å²) in [4.78, 5) is 14.2. The molecular formula is C25H29N5O3. The van der Waals surface area contributed by atoms with Crippen LogP contribution in [0.25, 0.3) is 16.8 Å². The van der Waals surface area contributed by atoms with E-state index in [0.29, 0.717) is 13.1 Å². The Morgan fingerprint density at radius 1 is 1.03 bits per heavy atom. The van der Waals surface area contributed by atoms with Gasteiger partial charge in [-0.2, -0.15) is 0 Å². The van der Waals surface area contributed by atoms with Gasteiger partial charge in [-0.25, -0.2) is 9.48 Å². The Kier molecular flexibility index (Phi) is 5.31. The number of rotatable bonds is 2. The lowest BCUT2D eigenvalue weighted by molar-refractivity contribution is -0.0272. The summed E-state index contributed by atoms with van der Waals surface area (Å²) < 4.78 is 13.7. The SMILES string of the molecule is CC(C)(C)OC(=O)N1CCC2(CCc3cc(-c4ccc(-n5cnnn5)cc4)ccc3O2)CC1. The van der Waals surface area contributed by atoms with Crippen LogP contribution in [0.2, 0.25) is 0 Å². The van der Waals surface area contributed by atoms with Gasteiger partial charge in [0.2, 0.25) is 0 Å². The number of amides is 1. The van der Waals surface area contributed by atoms with Crippen molar-refractivity contribution in [1.82, 2.24) is 25.1 Å². The van der Waals surface area contributed by atoms with E-state index in [1.54, 1.807) is 15.9 Å². The predicted octanol–water partition coefficient (Wildman–Crippen LogP) is 4.42. The maximum absolute atomic E-state index is 12.4. The van der Waals surface area contributed by atoms with Gasteiger partial charge in [0.25, 0.3) is 0 Å². The number of benzene rings is 2. The van der Waals surface area contributed by atoms with Crippen LogP contribution >= 0.6 is 0 Å². The van der Waals surface area contributed by atoms with Gasteiger partial charge < -0.3 is 14.4 Å². The van der Waals surface area contributed by atoms with E-state index in [-0.39, 0.29) is 11.7 Å². The molecule has 0 unspecified atom stereocenters. The van der Waals surface area contributed by atoms with Crippen molar-refractivity contribution in [1.29, 1.82) is 0 Å². The van der Waals surface area contributed by atoms with Crippen LogP contribution in [-0.4, -0.2) is 55.5 Å². The van der Waals surface area contributed by atoms with Crippen LogP contribution in [0, 0.1) is 0 Å². The van der Waals surface area contributed by atoms with Gasteiger partial charge in [-0.3, -0.25) is 0 Å². The number of aryl methyl sites for hydroxylation is 1. The highest BCUT2D eigenvalue weighted by molar-refractivity contribution is 5.68. The maximum atomic E-state index is 12.4. The number of hydrogen-bond acceptors (Lipinski definition) is 6. The summed E-state index contributed by atoms with van der Waals surface area (Å²) in [6, 6.07) is 14.6. The molecule has 8 nitrogen and oxygen atoms in total. The summed E-state index contributed by atoms with van der Waals surface area (Å²) in [7, 11) is 0. The van der Waals surface area contributed by atoms with Gasteiger partial charge in [-0.05, 0) is 85.0 Å². The van der Waals surface area contributed by atoms with E-state index in [1.165, 1.54) is 5.56 Å². The minimum Gasteiger partial charge on any atom is -0.487 e. The molecule has 1 aromatic heterocycles. The number of carbonyl (C=O) groups excluding carboxylic acids is 1. The number of hydrogen-bond donors (Lipinski definition) is 0. The highest BCUT2D eigenvalue weighted by Gasteiger charge is 2.41. The monoisotopic (exact) mass is 447 g/mol. The van der Waals surface area contributed by atoms with Gasteiger partial charge in [0, 0.05) is 25.9 Å². The van der Waals surface area contributed by atoms with Crippen molar-refractivity contribution in [3.8, 4) is 22.6 Å². The molecule has 0 atom stereocenters. The Hall–Kier alpha value is -3.42. The van der Waals surface area contributed by atoms with Gasteiger partial charge >= 0.3 is 6.09 Å². The fraction of sp³-hybridized carbons (Fsp3) is 0.440. The number of piperidine rings is 1. The Morgan fingerprint density at radius 2 is 1.76 bits per heavy atom. The molecule has 2 aliphatic heterocycles. The molecule has 0 N–H and O–H groups in total. The van der Waals surface area contributed by atoms with Crippen LogP contribution in [0.3, 0.4) is 0 Å². The number of ether oxygens (including phenoxy) is 2. The van der Waals surface area contributed by atoms with E-state index < -0.39 is 5.60 Å². The molecular weight excluding hydrogens is 418 g/mol. The first-order valence-corrected chi connectivity index (χ1v) is 11.4. The molecule has 3 aromatic rings. The number of fused-ring (bicyclic) bond motifs is 1. The van der Waals surface area contributed by atoms with Crippen molar-refractivity contribution in [2.75, 3.05) is 13.1 Å². The van der Waals surface area contributed by atoms with Crippen LogP contribution in [0.1, 0.15) is 45.6 Å². The summed E-state index contributed by atoms with van der Waals surface area (Å²) in [6.07, 6.45) is 4.93. The van der Waals surface area contributed by atoms with E-state index in [2.05, 4.69) is 45.9 Å². The largest absolute Gasteiger partial charge is 0.487 e. The summed E-state index contributed by atoms with van der Waals surface area (Å²) >= 11 is 0. The second-order valence-electron chi connectivity index (χ2n) is 9.88. The quantitative estimate of drug-likeness (QED) is 0.578. The summed E-state index contributed by atoms with van der Waals surface area (Å²) in [5.74, 6) is 0.959. The van der Waals surface area contributed by atoms with E-state index in [4.69, 9.17) is 9.47 Å². The molecule has 1 amide bonds. The van der Waals surface area contributed by atoms with Crippen molar-refractivity contribution in [2.24, 2.45) is 0 Å².